The molecule has 1 atom stereocenters. The van der Waals surface area contributed by atoms with Crippen molar-refractivity contribution in [2.24, 2.45) is 11.1 Å². The van der Waals surface area contributed by atoms with Crippen molar-refractivity contribution in [3.8, 4) is 0 Å². The van der Waals surface area contributed by atoms with Crippen molar-refractivity contribution in [1.29, 1.82) is 0 Å². The van der Waals surface area contributed by atoms with E-state index in [1.165, 1.54) is 0 Å². The fraction of sp³-hybridized carbons (Fsp3) is 0.950. The lowest BCUT2D eigenvalue weighted by Crippen LogP contribution is -2.61. The highest BCUT2D eigenvalue weighted by Crippen LogP contribution is 2.38. The Balaban J connectivity index is 5.13. The van der Waals surface area contributed by atoms with E-state index in [2.05, 4.69) is 52.2 Å². The van der Waals surface area contributed by atoms with Crippen LogP contribution in [-0.4, -0.2) is 41.8 Å². The van der Waals surface area contributed by atoms with Gasteiger partial charge in [-0.1, -0.05) is 13.8 Å². The van der Waals surface area contributed by atoms with Gasteiger partial charge in [-0.05, 0) is 74.3 Å². The summed E-state index contributed by atoms with van der Waals surface area (Å²) in [6.45, 7) is 21.2. The van der Waals surface area contributed by atoms with Crippen LogP contribution in [0.15, 0.2) is 0 Å². The molecule has 150 valence electrons. The van der Waals surface area contributed by atoms with Crippen molar-refractivity contribution in [3.05, 3.63) is 0 Å². The predicted molar refractivity (Wildman–Crippen MR) is 107 cm³/mol. The zero-order valence-electron chi connectivity index (χ0n) is 18.5. The Bertz CT molecular complexity index is 452. The van der Waals surface area contributed by atoms with Crippen molar-refractivity contribution >= 4 is 5.91 Å². The normalized spacial score (nSPS) is 16.5. The molecule has 0 saturated heterocycles. The van der Waals surface area contributed by atoms with Crippen molar-refractivity contribution < 1.29 is 9.53 Å². The number of hydrogen-bond donors (Lipinski definition) is 3. The minimum absolute atomic E-state index is 0.0197. The molecule has 0 saturated carbocycles. The van der Waals surface area contributed by atoms with Crippen LogP contribution in [-0.2, 0) is 9.53 Å². The molecule has 0 aliphatic heterocycles. The molecule has 0 aromatic rings. The Hall–Kier alpha value is -0.650. The highest BCUT2D eigenvalue weighted by atomic mass is 16.5. The summed E-state index contributed by atoms with van der Waals surface area (Å²) in [6, 6.07) is 0. The van der Waals surface area contributed by atoms with Crippen molar-refractivity contribution in [2.45, 2.75) is 104 Å². The van der Waals surface area contributed by atoms with Crippen molar-refractivity contribution in [1.82, 2.24) is 10.6 Å². The van der Waals surface area contributed by atoms with E-state index in [0.29, 0.717) is 13.0 Å². The maximum absolute atomic E-state index is 12.9. The van der Waals surface area contributed by atoms with Crippen LogP contribution in [0.3, 0.4) is 0 Å². The number of carbonyl (C=O) groups excluding carboxylic acids is 1. The minimum atomic E-state index is -0.987. The van der Waals surface area contributed by atoms with E-state index in [1.807, 2.05) is 27.8 Å². The lowest BCUT2D eigenvalue weighted by Gasteiger charge is -2.46. The molecule has 4 N–H and O–H groups in total. The first-order valence-electron chi connectivity index (χ1n) is 9.36. The molecule has 0 aromatic heterocycles. The standard InChI is InChI=1S/C20H43N3O2/c1-12-25-18(6,7)14-20(10,21)15(24)23-17(4,5)13-16(2,3)19(8,9)22-11/h22H,12-14,21H2,1-11H3,(H,23,24). The van der Waals surface area contributed by atoms with Gasteiger partial charge in [0, 0.05) is 24.1 Å². The van der Waals surface area contributed by atoms with E-state index in [9.17, 15) is 4.79 Å². The summed E-state index contributed by atoms with van der Waals surface area (Å²) in [5, 5.41) is 6.55. The molecule has 5 nitrogen and oxygen atoms in total. The lowest BCUT2D eigenvalue weighted by molar-refractivity contribution is -0.131. The fourth-order valence-corrected chi connectivity index (χ4v) is 3.56. The van der Waals surface area contributed by atoms with E-state index in [0.717, 1.165) is 6.42 Å². The van der Waals surface area contributed by atoms with Gasteiger partial charge in [0.25, 0.3) is 0 Å². The van der Waals surface area contributed by atoms with Gasteiger partial charge in [-0.15, -0.1) is 0 Å². The quantitative estimate of drug-likeness (QED) is 0.561. The van der Waals surface area contributed by atoms with Crippen LogP contribution in [0.4, 0.5) is 0 Å². The number of nitrogens with two attached hydrogens (primary N) is 1. The van der Waals surface area contributed by atoms with Gasteiger partial charge in [-0.3, -0.25) is 4.79 Å². The molecule has 0 radical (unpaired) electrons. The Labute approximate surface area is 155 Å². The number of amides is 1. The van der Waals surface area contributed by atoms with Crippen LogP contribution in [0.1, 0.15) is 82.1 Å². The second kappa shape index (κ2) is 7.93. The molecule has 1 unspecified atom stereocenters. The van der Waals surface area contributed by atoms with Crippen LogP contribution < -0.4 is 16.4 Å². The first-order valence-corrected chi connectivity index (χ1v) is 9.36. The third-order valence-electron chi connectivity index (χ3n) is 5.50. The van der Waals surface area contributed by atoms with E-state index >= 15 is 0 Å². The summed E-state index contributed by atoms with van der Waals surface area (Å²) in [6.07, 6.45) is 1.28. The van der Waals surface area contributed by atoms with Crippen LogP contribution in [0.5, 0.6) is 0 Å². The molecule has 5 heteroatoms. The molecule has 0 heterocycles. The number of hydrogen-bond acceptors (Lipinski definition) is 4. The van der Waals surface area contributed by atoms with Gasteiger partial charge >= 0.3 is 0 Å². The average molecular weight is 358 g/mol. The first-order chi connectivity index (χ1) is 10.9. The minimum Gasteiger partial charge on any atom is -0.376 e. The Morgan fingerprint density at radius 1 is 0.960 bits per heavy atom. The van der Waals surface area contributed by atoms with Crippen LogP contribution in [0.2, 0.25) is 0 Å². The molecule has 0 aliphatic rings. The Morgan fingerprint density at radius 2 is 1.44 bits per heavy atom. The molecule has 0 aromatic carbocycles. The van der Waals surface area contributed by atoms with Gasteiger partial charge in [0.1, 0.15) is 0 Å². The zero-order valence-corrected chi connectivity index (χ0v) is 18.5. The summed E-state index contributed by atoms with van der Waals surface area (Å²) in [4.78, 5) is 12.9. The Morgan fingerprint density at radius 3 is 1.84 bits per heavy atom. The van der Waals surface area contributed by atoms with Gasteiger partial charge in [0.15, 0.2) is 0 Å². The number of carbonyl (C=O) groups is 1. The topological polar surface area (TPSA) is 76.4 Å². The summed E-state index contributed by atoms with van der Waals surface area (Å²) in [5.74, 6) is -0.136. The molecule has 0 fully saturated rings. The fourth-order valence-electron chi connectivity index (χ4n) is 3.56. The van der Waals surface area contributed by atoms with Gasteiger partial charge in [0.2, 0.25) is 5.91 Å². The summed E-state index contributed by atoms with van der Waals surface area (Å²) >= 11 is 0. The monoisotopic (exact) mass is 357 g/mol. The first kappa shape index (κ1) is 24.4. The third-order valence-corrected chi connectivity index (χ3v) is 5.50. The SMILES string of the molecule is CCOC(C)(C)CC(C)(N)C(=O)NC(C)(C)CC(C)(C)C(C)(C)NC. The van der Waals surface area contributed by atoms with E-state index < -0.39 is 11.1 Å². The largest absolute Gasteiger partial charge is 0.376 e. The molecule has 0 bridgehead atoms. The summed E-state index contributed by atoms with van der Waals surface area (Å²) < 4.78 is 5.72. The highest BCUT2D eigenvalue weighted by molar-refractivity contribution is 5.86. The third kappa shape index (κ3) is 7.24. The van der Waals surface area contributed by atoms with Crippen molar-refractivity contribution in [2.75, 3.05) is 13.7 Å². The molecule has 1 amide bonds. The maximum Gasteiger partial charge on any atom is 0.240 e. The van der Waals surface area contributed by atoms with E-state index in [1.54, 1.807) is 6.92 Å². The van der Waals surface area contributed by atoms with Crippen LogP contribution >= 0.6 is 0 Å². The maximum atomic E-state index is 12.9. The van der Waals surface area contributed by atoms with Gasteiger partial charge in [0.05, 0.1) is 11.1 Å². The van der Waals surface area contributed by atoms with Gasteiger partial charge < -0.3 is 21.1 Å². The van der Waals surface area contributed by atoms with E-state index in [-0.39, 0.29) is 22.4 Å². The van der Waals surface area contributed by atoms with Crippen molar-refractivity contribution in [3.63, 3.8) is 0 Å². The lowest BCUT2D eigenvalue weighted by atomic mass is 9.68. The zero-order chi connectivity index (χ0) is 20.3. The van der Waals surface area contributed by atoms with Crippen LogP contribution in [0, 0.1) is 5.41 Å². The van der Waals surface area contributed by atoms with Crippen LogP contribution in [0.25, 0.3) is 0 Å². The highest BCUT2D eigenvalue weighted by Gasteiger charge is 2.43. The smallest absolute Gasteiger partial charge is 0.240 e. The van der Waals surface area contributed by atoms with Gasteiger partial charge in [-0.25, -0.2) is 0 Å². The van der Waals surface area contributed by atoms with Gasteiger partial charge in [-0.2, -0.15) is 0 Å². The molecule has 0 rings (SSSR count). The number of rotatable bonds is 10. The molecule has 0 aliphatic carbocycles. The molecule has 25 heavy (non-hydrogen) atoms. The summed E-state index contributed by atoms with van der Waals surface area (Å²) in [7, 11) is 1.97. The van der Waals surface area contributed by atoms with E-state index in [4.69, 9.17) is 10.5 Å². The Kier molecular flexibility index (Phi) is 7.72. The molecular weight excluding hydrogens is 314 g/mol. The average Bonchev–Trinajstić information content (AvgIpc) is 2.34. The molecule has 0 spiro atoms. The second-order valence-electron chi connectivity index (χ2n) is 10.1. The number of nitrogens with one attached hydrogen (secondary N) is 2. The predicted octanol–water partition coefficient (Wildman–Crippen LogP) is 3.22. The molecular formula is C20H43N3O2. The summed E-state index contributed by atoms with van der Waals surface area (Å²) in [5.41, 5.74) is 4.48. The second-order valence-corrected chi connectivity index (χ2v) is 10.1. The number of ether oxygens (including phenoxy) is 1.